The molecular formula is C27H46O3Si. The van der Waals surface area contributed by atoms with E-state index in [4.69, 9.17) is 13.9 Å². The Kier molecular flexibility index (Phi) is 5.23. The molecule has 0 bridgehead atoms. The molecule has 0 aromatic heterocycles. The normalized spacial score (nSPS) is 46.6. The lowest BCUT2D eigenvalue weighted by atomic mass is 9.47. The maximum Gasteiger partial charge on any atom is 0.192 e. The average Bonchev–Trinajstić information content (AvgIpc) is 3.27. The molecule has 1 heterocycles. The Balaban J connectivity index is 1.35. The lowest BCUT2D eigenvalue weighted by Crippen LogP contribution is -2.55. The molecule has 1 aliphatic heterocycles. The summed E-state index contributed by atoms with van der Waals surface area (Å²) >= 11 is 0. The van der Waals surface area contributed by atoms with Crippen LogP contribution in [0.3, 0.4) is 0 Å². The molecule has 0 radical (unpaired) electrons. The maximum absolute atomic E-state index is 6.91. The quantitative estimate of drug-likeness (QED) is 0.340. The molecule has 5 rings (SSSR count). The van der Waals surface area contributed by atoms with Gasteiger partial charge in [-0.25, -0.2) is 0 Å². The molecule has 1 saturated heterocycles. The van der Waals surface area contributed by atoms with Crippen LogP contribution in [0, 0.1) is 34.5 Å². The van der Waals surface area contributed by atoms with Crippen molar-refractivity contribution in [1.29, 1.82) is 0 Å². The minimum atomic E-state index is -1.70. The van der Waals surface area contributed by atoms with Gasteiger partial charge in [0.1, 0.15) is 0 Å². The number of allylic oxidation sites excluding steroid dienone is 1. The van der Waals surface area contributed by atoms with Gasteiger partial charge in [0.2, 0.25) is 0 Å². The van der Waals surface area contributed by atoms with Crippen LogP contribution in [0.25, 0.3) is 0 Å². The summed E-state index contributed by atoms with van der Waals surface area (Å²) in [5.41, 5.74) is 0.484. The molecule has 4 heteroatoms. The van der Waals surface area contributed by atoms with Crippen molar-refractivity contribution in [3.05, 3.63) is 12.2 Å². The summed E-state index contributed by atoms with van der Waals surface area (Å²) in [6.07, 6.45) is 14.6. The zero-order valence-corrected chi connectivity index (χ0v) is 22.1. The monoisotopic (exact) mass is 446 g/mol. The second-order valence-corrected chi connectivity index (χ2v) is 18.2. The van der Waals surface area contributed by atoms with E-state index in [2.05, 4.69) is 59.9 Å². The zero-order valence-electron chi connectivity index (χ0n) is 21.1. The molecule has 0 N–H and O–H groups in total. The smallest absolute Gasteiger partial charge is 0.192 e. The maximum atomic E-state index is 6.91. The first-order chi connectivity index (χ1) is 14.4. The molecule has 3 nitrogen and oxygen atoms in total. The summed E-state index contributed by atoms with van der Waals surface area (Å²) < 4.78 is 19.5. The fraction of sp³-hybridized carbons (Fsp3) is 0.926. The molecule has 0 aromatic carbocycles. The highest BCUT2D eigenvalue weighted by Crippen LogP contribution is 2.67. The summed E-state index contributed by atoms with van der Waals surface area (Å²) in [5, 5.41) is 0.296. The average molecular weight is 447 g/mol. The van der Waals surface area contributed by atoms with Crippen molar-refractivity contribution in [2.45, 2.75) is 110 Å². The highest BCUT2D eigenvalue weighted by atomic mass is 28.4. The third kappa shape index (κ3) is 3.21. The molecule has 1 spiro atoms. The number of fused-ring (bicyclic) bond motifs is 6. The van der Waals surface area contributed by atoms with Crippen molar-refractivity contribution in [1.82, 2.24) is 0 Å². The second-order valence-electron chi connectivity index (χ2n) is 13.5. The number of rotatable bonds is 2. The van der Waals surface area contributed by atoms with E-state index in [0.717, 1.165) is 37.4 Å². The van der Waals surface area contributed by atoms with E-state index in [9.17, 15) is 0 Å². The van der Waals surface area contributed by atoms with E-state index in [-0.39, 0.29) is 11.2 Å². The highest BCUT2D eigenvalue weighted by molar-refractivity contribution is 6.74. The molecule has 0 amide bonds. The zero-order chi connectivity index (χ0) is 22.3. The van der Waals surface area contributed by atoms with Gasteiger partial charge in [0.25, 0.3) is 0 Å². The second kappa shape index (κ2) is 7.17. The van der Waals surface area contributed by atoms with Gasteiger partial charge in [0.05, 0.1) is 13.2 Å². The van der Waals surface area contributed by atoms with E-state index in [1.165, 1.54) is 38.5 Å². The Labute approximate surface area is 191 Å². The van der Waals surface area contributed by atoms with Gasteiger partial charge < -0.3 is 13.9 Å². The van der Waals surface area contributed by atoms with Gasteiger partial charge in [-0.2, -0.15) is 0 Å². The highest BCUT2D eigenvalue weighted by Gasteiger charge is 2.65. The van der Waals surface area contributed by atoms with Gasteiger partial charge in [-0.05, 0) is 85.7 Å². The fourth-order valence-corrected chi connectivity index (χ4v) is 9.56. The predicted octanol–water partition coefficient (Wildman–Crippen LogP) is 6.94. The van der Waals surface area contributed by atoms with Crippen molar-refractivity contribution in [3.63, 3.8) is 0 Å². The van der Waals surface area contributed by atoms with Gasteiger partial charge in [-0.3, -0.25) is 0 Å². The van der Waals surface area contributed by atoms with Gasteiger partial charge in [0.15, 0.2) is 14.1 Å². The van der Waals surface area contributed by atoms with Crippen molar-refractivity contribution in [2.24, 2.45) is 34.5 Å². The molecule has 176 valence electrons. The molecule has 4 aliphatic carbocycles. The van der Waals surface area contributed by atoms with Crippen LogP contribution in [0.5, 0.6) is 0 Å². The Morgan fingerprint density at radius 2 is 1.68 bits per heavy atom. The van der Waals surface area contributed by atoms with Gasteiger partial charge in [0, 0.05) is 17.9 Å². The van der Waals surface area contributed by atoms with Crippen LogP contribution in [-0.2, 0) is 13.9 Å². The standard InChI is InChI=1S/C27H46O3Si/c1-24(2,3)31(6,7)30-20-10-13-25(4)19(18-20)8-9-21-22(25)11-14-26(5)23(21)12-15-27(26)28-16-17-29-27/h11,14,19-23H,8-10,12-13,15-18H2,1-7H3/t19-,20+,21?,22?,23?,25+,26+/m1/s1. The SMILES string of the molecule is CC(C)(C)[Si](C)(C)O[C@H]1CC[C@]2(C)C3C=C[C@@]4(C)C(CCC45OCCO5)C3CC[C@@H]2C1. The van der Waals surface area contributed by atoms with Crippen LogP contribution in [-0.4, -0.2) is 33.4 Å². The number of hydrogen-bond acceptors (Lipinski definition) is 3. The first-order valence-electron chi connectivity index (χ1n) is 13.1. The fourth-order valence-electron chi connectivity index (χ4n) is 8.16. The van der Waals surface area contributed by atoms with E-state index < -0.39 is 8.32 Å². The topological polar surface area (TPSA) is 27.7 Å². The molecule has 3 saturated carbocycles. The molecule has 5 aliphatic rings. The first-order valence-corrected chi connectivity index (χ1v) is 16.0. The Bertz CT molecular complexity index is 733. The van der Waals surface area contributed by atoms with Crippen LogP contribution >= 0.6 is 0 Å². The third-order valence-electron chi connectivity index (χ3n) is 11.1. The molecule has 0 aromatic rings. The summed E-state index contributed by atoms with van der Waals surface area (Å²) in [4.78, 5) is 0. The lowest BCUT2D eigenvalue weighted by molar-refractivity contribution is -0.217. The molecule has 4 fully saturated rings. The van der Waals surface area contributed by atoms with Crippen molar-refractivity contribution in [2.75, 3.05) is 13.2 Å². The van der Waals surface area contributed by atoms with Crippen LogP contribution < -0.4 is 0 Å². The van der Waals surface area contributed by atoms with Gasteiger partial charge in [-0.1, -0.05) is 46.8 Å². The van der Waals surface area contributed by atoms with Crippen LogP contribution in [0.2, 0.25) is 18.1 Å². The Morgan fingerprint density at radius 1 is 0.968 bits per heavy atom. The van der Waals surface area contributed by atoms with Crippen LogP contribution in [0.4, 0.5) is 0 Å². The first kappa shape index (κ1) is 22.6. The lowest BCUT2D eigenvalue weighted by Gasteiger charge is -2.59. The summed E-state index contributed by atoms with van der Waals surface area (Å²) in [6, 6.07) is 0. The van der Waals surface area contributed by atoms with Crippen LogP contribution in [0.15, 0.2) is 12.2 Å². The third-order valence-corrected chi connectivity index (χ3v) is 15.7. The summed E-state index contributed by atoms with van der Waals surface area (Å²) in [7, 11) is -1.70. The minimum absolute atomic E-state index is 0.0521. The van der Waals surface area contributed by atoms with Gasteiger partial charge >= 0.3 is 0 Å². The summed E-state index contributed by atoms with van der Waals surface area (Å²) in [6.45, 7) is 18.5. The number of ether oxygens (including phenoxy) is 2. The van der Waals surface area contributed by atoms with Gasteiger partial charge in [-0.15, -0.1) is 0 Å². The van der Waals surface area contributed by atoms with Crippen molar-refractivity contribution >= 4 is 8.32 Å². The largest absolute Gasteiger partial charge is 0.414 e. The van der Waals surface area contributed by atoms with Crippen molar-refractivity contribution < 1.29 is 13.9 Å². The molecular weight excluding hydrogens is 400 g/mol. The van der Waals surface area contributed by atoms with E-state index in [0.29, 0.717) is 22.5 Å². The molecule has 31 heavy (non-hydrogen) atoms. The minimum Gasteiger partial charge on any atom is -0.414 e. The van der Waals surface area contributed by atoms with E-state index >= 15 is 0 Å². The van der Waals surface area contributed by atoms with E-state index in [1.54, 1.807) is 0 Å². The van der Waals surface area contributed by atoms with Crippen molar-refractivity contribution in [3.8, 4) is 0 Å². The predicted molar refractivity (Wildman–Crippen MR) is 128 cm³/mol. The van der Waals surface area contributed by atoms with E-state index in [1.807, 2.05) is 0 Å². The number of hydrogen-bond donors (Lipinski definition) is 0. The van der Waals surface area contributed by atoms with Crippen LogP contribution in [0.1, 0.15) is 79.6 Å². The molecule has 7 atom stereocenters. The molecule has 3 unspecified atom stereocenters. The Hall–Kier alpha value is -0.163. The summed E-state index contributed by atoms with van der Waals surface area (Å²) in [5.74, 6) is 2.68. The Morgan fingerprint density at radius 3 is 2.35 bits per heavy atom.